The third kappa shape index (κ3) is 8.60. The molecule has 0 fully saturated rings. The van der Waals surface area contributed by atoms with Crippen molar-refractivity contribution in [3.8, 4) is 0 Å². The molecule has 0 radical (unpaired) electrons. The van der Waals surface area contributed by atoms with Gasteiger partial charge in [0.05, 0.1) is 20.3 Å². The molecule has 0 aromatic carbocycles. The largest absolute Gasteiger partial charge is 0.468 e. The van der Waals surface area contributed by atoms with E-state index in [4.69, 9.17) is 9.84 Å². The van der Waals surface area contributed by atoms with E-state index in [0.717, 1.165) is 7.11 Å². The molecule has 0 rings (SSSR count). The van der Waals surface area contributed by atoms with Gasteiger partial charge in [0.2, 0.25) is 10.0 Å². The number of carbonyl (C=O) groups excluding carboxylic acids is 1. The van der Waals surface area contributed by atoms with Gasteiger partial charge in [-0.2, -0.15) is 0 Å². The van der Waals surface area contributed by atoms with Crippen LogP contribution in [-0.2, 0) is 24.3 Å². The molecule has 16 heavy (non-hydrogen) atoms. The summed E-state index contributed by atoms with van der Waals surface area (Å²) in [4.78, 5) is 10.7. The van der Waals surface area contributed by atoms with Crippen LogP contribution >= 0.6 is 0 Å². The molecule has 0 bridgehead atoms. The van der Waals surface area contributed by atoms with E-state index in [0.29, 0.717) is 13.0 Å². The molecule has 0 saturated heterocycles. The van der Waals surface area contributed by atoms with Crippen molar-refractivity contribution >= 4 is 16.0 Å². The van der Waals surface area contributed by atoms with E-state index in [1.54, 1.807) is 0 Å². The maximum Gasteiger partial charge on any atom is 0.322 e. The number of aliphatic hydroxyl groups excluding tert-OH is 1. The topological polar surface area (TPSA) is 102 Å². The molecule has 0 unspecified atom stereocenters. The van der Waals surface area contributed by atoms with Crippen LogP contribution in [0.1, 0.15) is 6.42 Å². The summed E-state index contributed by atoms with van der Waals surface area (Å²) in [6, 6.07) is 0. The van der Waals surface area contributed by atoms with Crippen molar-refractivity contribution < 1.29 is 27.8 Å². The second kappa shape index (κ2) is 8.45. The van der Waals surface area contributed by atoms with Crippen LogP contribution in [0.2, 0.25) is 0 Å². The number of sulfonamides is 1. The number of rotatable bonds is 9. The summed E-state index contributed by atoms with van der Waals surface area (Å²) in [5, 5.41) is 8.39. The fraction of sp³-hybridized carbons (Fsp3) is 0.875. The van der Waals surface area contributed by atoms with E-state index in [1.807, 2.05) is 0 Å². The van der Waals surface area contributed by atoms with Crippen LogP contribution in [0.3, 0.4) is 0 Å². The quantitative estimate of drug-likeness (QED) is 0.383. The molecule has 8 heteroatoms. The molecule has 96 valence electrons. The molecule has 2 N–H and O–H groups in total. The lowest BCUT2D eigenvalue weighted by molar-refractivity contribution is -0.137. The van der Waals surface area contributed by atoms with Gasteiger partial charge in [-0.25, -0.2) is 13.1 Å². The number of esters is 1. The van der Waals surface area contributed by atoms with Gasteiger partial charge in [-0.1, -0.05) is 0 Å². The Morgan fingerprint density at radius 1 is 1.38 bits per heavy atom. The predicted molar refractivity (Wildman–Crippen MR) is 56.3 cm³/mol. The lowest BCUT2D eigenvalue weighted by Crippen LogP contribution is -2.31. The first-order valence-electron chi connectivity index (χ1n) is 4.74. The van der Waals surface area contributed by atoms with Gasteiger partial charge in [0.25, 0.3) is 0 Å². The zero-order valence-corrected chi connectivity index (χ0v) is 9.96. The Hall–Kier alpha value is -0.700. The van der Waals surface area contributed by atoms with Crippen LogP contribution in [0, 0.1) is 0 Å². The van der Waals surface area contributed by atoms with Crippen molar-refractivity contribution in [2.45, 2.75) is 6.42 Å². The molecular weight excluding hydrogens is 238 g/mol. The van der Waals surface area contributed by atoms with Gasteiger partial charge >= 0.3 is 5.97 Å². The average Bonchev–Trinajstić information content (AvgIpc) is 2.22. The molecule has 0 aliphatic heterocycles. The second-order valence-corrected chi connectivity index (χ2v) is 4.73. The minimum Gasteiger partial charge on any atom is -0.468 e. The SMILES string of the molecule is COC(=O)CS(=O)(=O)NCCCOCCO. The molecule has 0 heterocycles. The van der Waals surface area contributed by atoms with Crippen LogP contribution in [0.4, 0.5) is 0 Å². The first-order chi connectivity index (χ1) is 7.52. The van der Waals surface area contributed by atoms with Gasteiger partial charge in [-0.15, -0.1) is 0 Å². The second-order valence-electron chi connectivity index (χ2n) is 2.92. The highest BCUT2D eigenvalue weighted by Gasteiger charge is 2.15. The van der Waals surface area contributed by atoms with Gasteiger partial charge < -0.3 is 14.6 Å². The maximum atomic E-state index is 11.2. The molecule has 0 aromatic rings. The molecule has 0 aliphatic rings. The zero-order chi connectivity index (χ0) is 12.4. The first kappa shape index (κ1) is 15.3. The third-order valence-electron chi connectivity index (χ3n) is 1.56. The smallest absolute Gasteiger partial charge is 0.322 e. The van der Waals surface area contributed by atoms with E-state index in [1.165, 1.54) is 0 Å². The van der Waals surface area contributed by atoms with Crippen molar-refractivity contribution in [3.63, 3.8) is 0 Å². The highest BCUT2D eigenvalue weighted by Crippen LogP contribution is 1.88. The molecule has 0 aliphatic carbocycles. The standard InChI is InChI=1S/C8H17NO6S/c1-14-8(11)7-16(12,13)9-3-2-5-15-6-4-10/h9-10H,2-7H2,1H3. The van der Waals surface area contributed by atoms with Crippen molar-refractivity contribution in [3.05, 3.63) is 0 Å². The number of hydrogen-bond donors (Lipinski definition) is 2. The summed E-state index contributed by atoms with van der Waals surface area (Å²) >= 11 is 0. The molecule has 0 saturated carbocycles. The Morgan fingerprint density at radius 2 is 2.06 bits per heavy atom. The number of methoxy groups -OCH3 is 1. The van der Waals surface area contributed by atoms with Crippen LogP contribution in [0.5, 0.6) is 0 Å². The third-order valence-corrected chi connectivity index (χ3v) is 2.82. The van der Waals surface area contributed by atoms with Crippen LogP contribution in [0.15, 0.2) is 0 Å². The molecule has 0 spiro atoms. The number of hydrogen-bond acceptors (Lipinski definition) is 6. The van der Waals surface area contributed by atoms with Crippen LogP contribution in [-0.4, -0.2) is 58.7 Å². The van der Waals surface area contributed by atoms with E-state index < -0.39 is 21.7 Å². The maximum absolute atomic E-state index is 11.2. The van der Waals surface area contributed by atoms with E-state index >= 15 is 0 Å². The van der Waals surface area contributed by atoms with Crippen LogP contribution < -0.4 is 4.72 Å². The zero-order valence-electron chi connectivity index (χ0n) is 9.14. The molecule has 7 nitrogen and oxygen atoms in total. The Labute approximate surface area is 94.8 Å². The molecule has 0 amide bonds. The first-order valence-corrected chi connectivity index (χ1v) is 6.40. The molecule has 0 atom stereocenters. The number of nitrogens with one attached hydrogen (secondary N) is 1. The molecular formula is C8H17NO6S. The summed E-state index contributed by atoms with van der Waals surface area (Å²) in [5.41, 5.74) is 0. The monoisotopic (exact) mass is 255 g/mol. The Bertz CT molecular complexity index is 289. The van der Waals surface area contributed by atoms with Gasteiger partial charge in [0, 0.05) is 13.2 Å². The molecule has 0 aromatic heterocycles. The van der Waals surface area contributed by atoms with Crippen molar-refractivity contribution in [2.75, 3.05) is 39.2 Å². The summed E-state index contributed by atoms with van der Waals surface area (Å²) in [7, 11) is -2.49. The summed E-state index contributed by atoms with van der Waals surface area (Å²) < 4.78 is 33.8. The Kier molecular flexibility index (Phi) is 8.08. The van der Waals surface area contributed by atoms with E-state index in [2.05, 4.69) is 9.46 Å². The number of carbonyl (C=O) groups is 1. The summed E-state index contributed by atoms with van der Waals surface area (Å²) in [5.74, 6) is -1.48. The fourth-order valence-electron chi connectivity index (χ4n) is 0.834. The minimum atomic E-state index is -3.62. The van der Waals surface area contributed by atoms with Gasteiger partial charge in [-0.3, -0.25) is 4.79 Å². The van der Waals surface area contributed by atoms with Gasteiger partial charge in [-0.05, 0) is 6.42 Å². The van der Waals surface area contributed by atoms with Crippen molar-refractivity contribution in [1.82, 2.24) is 4.72 Å². The Balaban J connectivity index is 3.63. The highest BCUT2D eigenvalue weighted by atomic mass is 32.2. The normalized spacial score (nSPS) is 11.4. The van der Waals surface area contributed by atoms with E-state index in [-0.39, 0.29) is 19.8 Å². The lowest BCUT2D eigenvalue weighted by atomic mass is 10.5. The predicted octanol–water partition coefficient (Wildman–Crippen LogP) is -1.52. The van der Waals surface area contributed by atoms with E-state index in [9.17, 15) is 13.2 Å². The average molecular weight is 255 g/mol. The Morgan fingerprint density at radius 3 is 2.62 bits per heavy atom. The summed E-state index contributed by atoms with van der Waals surface area (Å²) in [6.07, 6.45) is 0.473. The van der Waals surface area contributed by atoms with Gasteiger partial charge in [0.15, 0.2) is 5.75 Å². The van der Waals surface area contributed by atoms with Crippen molar-refractivity contribution in [2.24, 2.45) is 0 Å². The highest BCUT2D eigenvalue weighted by molar-refractivity contribution is 7.90. The summed E-state index contributed by atoms with van der Waals surface area (Å²) in [6.45, 7) is 0.703. The minimum absolute atomic E-state index is 0.0614. The van der Waals surface area contributed by atoms with Crippen LogP contribution in [0.25, 0.3) is 0 Å². The number of ether oxygens (including phenoxy) is 2. The van der Waals surface area contributed by atoms with Gasteiger partial charge in [0.1, 0.15) is 0 Å². The fourth-order valence-corrected chi connectivity index (χ4v) is 1.82. The lowest BCUT2D eigenvalue weighted by Gasteiger charge is -2.05. The van der Waals surface area contributed by atoms with Crippen molar-refractivity contribution in [1.29, 1.82) is 0 Å². The number of aliphatic hydroxyl groups is 1.